The average molecular weight is 348 g/mol. The van der Waals surface area contributed by atoms with Crippen LogP contribution in [-0.2, 0) is 21.8 Å². The Kier molecular flexibility index (Phi) is 6.34. The van der Waals surface area contributed by atoms with Crippen molar-refractivity contribution < 1.29 is 36.2 Å². The van der Waals surface area contributed by atoms with E-state index in [-0.39, 0.29) is 6.61 Å². The summed E-state index contributed by atoms with van der Waals surface area (Å²) < 4.78 is 71.3. The van der Waals surface area contributed by atoms with Crippen LogP contribution in [-0.4, -0.2) is 23.9 Å². The van der Waals surface area contributed by atoms with Crippen LogP contribution in [0.15, 0.2) is 6.20 Å². The number of ether oxygens (including phenoxy) is 2. The predicted octanol–water partition coefficient (Wildman–Crippen LogP) is 3.76. The van der Waals surface area contributed by atoms with Gasteiger partial charge in [0.1, 0.15) is 0 Å². The van der Waals surface area contributed by atoms with Crippen LogP contribution in [0.3, 0.4) is 0 Å². The van der Waals surface area contributed by atoms with Gasteiger partial charge in [-0.05, 0) is 6.92 Å². The molecule has 1 aromatic rings. The van der Waals surface area contributed by atoms with E-state index in [1.54, 1.807) is 0 Å². The van der Waals surface area contributed by atoms with Gasteiger partial charge in [-0.15, -0.1) is 24.8 Å². The quantitative estimate of drug-likeness (QED) is 0.446. The number of pyridine rings is 1. The van der Waals surface area contributed by atoms with Crippen molar-refractivity contribution >= 4 is 17.6 Å². The Labute approximate surface area is 127 Å². The molecule has 0 N–H and O–H groups in total. The molecule has 0 saturated heterocycles. The number of aromatic nitrogens is 1. The first-order valence-electron chi connectivity index (χ1n) is 5.95. The molecule has 1 aromatic heterocycles. The maximum Gasteiger partial charge on any atom is 0.573 e. The van der Waals surface area contributed by atoms with Crippen molar-refractivity contribution in [2.24, 2.45) is 0 Å². The molecule has 0 aliphatic heterocycles. The topological polar surface area (TPSA) is 48.4 Å². The lowest BCUT2D eigenvalue weighted by Crippen LogP contribution is -2.21. The van der Waals surface area contributed by atoms with E-state index in [2.05, 4.69) is 14.5 Å². The minimum atomic E-state index is -5.15. The molecular formula is C12H11ClF5NO3. The fourth-order valence-electron chi connectivity index (χ4n) is 1.63. The molecule has 0 aliphatic rings. The molecule has 4 nitrogen and oxygen atoms in total. The zero-order valence-electron chi connectivity index (χ0n) is 11.2. The summed E-state index contributed by atoms with van der Waals surface area (Å²) >= 11 is 5.46. The molecule has 0 saturated carbocycles. The van der Waals surface area contributed by atoms with Crippen LogP contribution in [0.25, 0.3) is 0 Å². The summed E-state index contributed by atoms with van der Waals surface area (Å²) in [5.41, 5.74) is -1.83. The van der Waals surface area contributed by atoms with Gasteiger partial charge in [0.05, 0.1) is 24.6 Å². The van der Waals surface area contributed by atoms with Crippen LogP contribution >= 0.6 is 11.6 Å². The van der Waals surface area contributed by atoms with E-state index >= 15 is 0 Å². The number of esters is 1. The molecule has 0 aliphatic carbocycles. The number of hydrogen-bond acceptors (Lipinski definition) is 4. The molecule has 0 amide bonds. The Balaban J connectivity index is 3.33. The number of nitrogens with zero attached hydrogens (tertiary/aromatic N) is 1. The Bertz CT molecular complexity index is 536. The second-order valence-corrected chi connectivity index (χ2v) is 4.20. The minimum absolute atomic E-state index is 0.00573. The van der Waals surface area contributed by atoms with Crippen LogP contribution < -0.4 is 4.74 Å². The molecule has 0 unspecified atom stereocenters. The third-order valence-electron chi connectivity index (χ3n) is 2.45. The first-order chi connectivity index (χ1) is 10.2. The van der Waals surface area contributed by atoms with Crippen molar-refractivity contribution in [2.45, 2.75) is 32.0 Å². The number of halogens is 6. The highest BCUT2D eigenvalue weighted by molar-refractivity contribution is 6.17. The minimum Gasteiger partial charge on any atom is -0.466 e. The molecule has 0 bridgehead atoms. The van der Waals surface area contributed by atoms with Gasteiger partial charge in [-0.3, -0.25) is 9.78 Å². The highest BCUT2D eigenvalue weighted by Gasteiger charge is 2.35. The summed E-state index contributed by atoms with van der Waals surface area (Å²) in [7, 11) is 0. The van der Waals surface area contributed by atoms with E-state index in [1.165, 1.54) is 6.92 Å². The zero-order valence-corrected chi connectivity index (χ0v) is 12.0. The Morgan fingerprint density at radius 1 is 1.41 bits per heavy atom. The highest BCUT2D eigenvalue weighted by Crippen LogP contribution is 2.36. The summed E-state index contributed by atoms with van der Waals surface area (Å²) in [6.07, 6.45) is -8.23. The van der Waals surface area contributed by atoms with Gasteiger partial charge in [0.2, 0.25) is 0 Å². The van der Waals surface area contributed by atoms with E-state index in [4.69, 9.17) is 11.6 Å². The molecule has 1 rings (SSSR count). The summed E-state index contributed by atoms with van der Waals surface area (Å²) in [6, 6.07) is 0. The van der Waals surface area contributed by atoms with Gasteiger partial charge >= 0.3 is 12.3 Å². The van der Waals surface area contributed by atoms with Crippen LogP contribution in [0.2, 0.25) is 0 Å². The van der Waals surface area contributed by atoms with Crippen molar-refractivity contribution in [1.82, 2.24) is 4.98 Å². The van der Waals surface area contributed by atoms with E-state index in [9.17, 15) is 26.7 Å². The second kappa shape index (κ2) is 7.57. The lowest BCUT2D eigenvalue weighted by atomic mass is 10.1. The van der Waals surface area contributed by atoms with Crippen LogP contribution in [0, 0.1) is 0 Å². The summed E-state index contributed by atoms with van der Waals surface area (Å²) in [4.78, 5) is 14.8. The lowest BCUT2D eigenvalue weighted by Gasteiger charge is -2.17. The van der Waals surface area contributed by atoms with Gasteiger partial charge in [0.15, 0.2) is 5.75 Å². The van der Waals surface area contributed by atoms with Gasteiger partial charge in [-0.25, -0.2) is 8.78 Å². The predicted molar refractivity (Wildman–Crippen MR) is 65.8 cm³/mol. The van der Waals surface area contributed by atoms with E-state index in [0.717, 1.165) is 0 Å². The number of hydrogen-bond donors (Lipinski definition) is 0. The van der Waals surface area contributed by atoms with Crippen LogP contribution in [0.5, 0.6) is 5.75 Å². The maximum atomic E-state index is 12.8. The SMILES string of the molecule is CCOC(=O)Cc1ncc(C(F)F)c(CCl)c1OC(F)(F)F. The Hall–Kier alpha value is -1.64. The second-order valence-electron chi connectivity index (χ2n) is 3.93. The maximum absolute atomic E-state index is 12.8. The summed E-state index contributed by atoms with van der Waals surface area (Å²) in [5.74, 6) is -2.52. The van der Waals surface area contributed by atoms with Gasteiger partial charge in [-0.1, -0.05) is 0 Å². The zero-order chi connectivity index (χ0) is 16.9. The van der Waals surface area contributed by atoms with E-state index in [1.807, 2.05) is 0 Å². The van der Waals surface area contributed by atoms with Gasteiger partial charge in [-0.2, -0.15) is 0 Å². The van der Waals surface area contributed by atoms with Crippen molar-refractivity contribution in [3.63, 3.8) is 0 Å². The standard InChI is InChI=1S/C12H11ClF5NO3/c1-2-21-9(20)3-8-10(22-12(16,17)18)6(4-13)7(5-19-8)11(14)15/h5,11H,2-4H2,1H3. The van der Waals surface area contributed by atoms with Crippen molar-refractivity contribution in [2.75, 3.05) is 6.61 Å². The largest absolute Gasteiger partial charge is 0.573 e. The van der Waals surface area contributed by atoms with Gasteiger partial charge < -0.3 is 9.47 Å². The third kappa shape index (κ3) is 4.97. The van der Waals surface area contributed by atoms with E-state index in [0.29, 0.717) is 6.20 Å². The number of carbonyl (C=O) groups excluding carboxylic acids is 1. The van der Waals surface area contributed by atoms with Gasteiger partial charge in [0.25, 0.3) is 6.43 Å². The molecule has 0 fully saturated rings. The van der Waals surface area contributed by atoms with E-state index < -0.39 is 53.6 Å². The Morgan fingerprint density at radius 3 is 2.50 bits per heavy atom. The first kappa shape index (κ1) is 18.4. The number of carbonyl (C=O) groups is 1. The third-order valence-corrected chi connectivity index (χ3v) is 2.72. The molecular weight excluding hydrogens is 337 g/mol. The van der Waals surface area contributed by atoms with Crippen molar-refractivity contribution in [3.8, 4) is 5.75 Å². The molecule has 0 radical (unpaired) electrons. The van der Waals surface area contributed by atoms with Crippen LogP contribution in [0.4, 0.5) is 22.0 Å². The molecule has 124 valence electrons. The fourth-order valence-corrected chi connectivity index (χ4v) is 1.90. The monoisotopic (exact) mass is 347 g/mol. The fraction of sp³-hybridized carbons (Fsp3) is 0.500. The summed E-state index contributed by atoms with van der Waals surface area (Å²) in [6.45, 7) is 1.51. The lowest BCUT2D eigenvalue weighted by molar-refractivity contribution is -0.275. The molecule has 1 heterocycles. The molecule has 0 aromatic carbocycles. The van der Waals surface area contributed by atoms with Crippen molar-refractivity contribution in [1.29, 1.82) is 0 Å². The number of alkyl halides is 6. The van der Waals surface area contributed by atoms with Gasteiger partial charge in [0, 0.05) is 17.3 Å². The summed E-state index contributed by atoms with van der Waals surface area (Å²) in [5, 5.41) is 0. The highest BCUT2D eigenvalue weighted by atomic mass is 35.5. The Morgan fingerprint density at radius 2 is 2.05 bits per heavy atom. The molecule has 10 heteroatoms. The number of rotatable bonds is 6. The molecule has 0 spiro atoms. The van der Waals surface area contributed by atoms with Crippen molar-refractivity contribution in [3.05, 3.63) is 23.0 Å². The molecule has 0 atom stereocenters. The average Bonchev–Trinajstić information content (AvgIpc) is 2.38. The first-order valence-corrected chi connectivity index (χ1v) is 6.49. The normalized spacial score (nSPS) is 11.6. The van der Waals surface area contributed by atoms with Crippen LogP contribution in [0.1, 0.15) is 30.2 Å². The molecule has 22 heavy (non-hydrogen) atoms. The smallest absolute Gasteiger partial charge is 0.466 e.